The van der Waals surface area contributed by atoms with Gasteiger partial charge in [-0.15, -0.1) is 0 Å². The van der Waals surface area contributed by atoms with Gasteiger partial charge in [0, 0.05) is 31.9 Å². The minimum Gasteiger partial charge on any atom is -0.396 e. The van der Waals surface area contributed by atoms with E-state index in [1.165, 1.54) is 19.0 Å². The Morgan fingerprint density at radius 3 is 2.53 bits per heavy atom. The molecular weight excluding hydrogens is 217 g/mol. The Bertz CT molecular complexity index is 373. The van der Waals surface area contributed by atoms with Gasteiger partial charge in [-0.25, -0.2) is 4.39 Å². The maximum Gasteiger partial charge on any atom is 0.146 e. The predicted molar refractivity (Wildman–Crippen MR) is 69.8 cm³/mol. The first kappa shape index (κ1) is 12.2. The third kappa shape index (κ3) is 2.88. The lowest BCUT2D eigenvalue weighted by molar-refractivity contribution is 0.258. The minimum atomic E-state index is -0.335. The van der Waals surface area contributed by atoms with Crippen LogP contribution in [-0.4, -0.2) is 37.6 Å². The van der Waals surface area contributed by atoms with Crippen LogP contribution in [-0.2, 0) is 0 Å². The largest absolute Gasteiger partial charge is 0.396 e. The lowest BCUT2D eigenvalue weighted by Gasteiger charge is -2.36. The Labute approximate surface area is 102 Å². The highest BCUT2D eigenvalue weighted by molar-refractivity contribution is 5.56. The normalized spacial score (nSPS) is 17.4. The van der Waals surface area contributed by atoms with Crippen LogP contribution in [0, 0.1) is 5.82 Å². The zero-order valence-corrected chi connectivity index (χ0v) is 10.3. The van der Waals surface area contributed by atoms with Crippen LogP contribution in [0.15, 0.2) is 18.2 Å². The van der Waals surface area contributed by atoms with Gasteiger partial charge in [0.05, 0.1) is 5.69 Å². The second-order valence-electron chi connectivity index (χ2n) is 4.53. The molecule has 0 unspecified atom stereocenters. The van der Waals surface area contributed by atoms with E-state index in [2.05, 4.69) is 16.7 Å². The quantitative estimate of drug-likeness (QED) is 0.815. The van der Waals surface area contributed by atoms with Crippen molar-refractivity contribution in [2.45, 2.75) is 13.3 Å². The summed E-state index contributed by atoms with van der Waals surface area (Å²) >= 11 is 0. The van der Waals surface area contributed by atoms with E-state index in [1.54, 1.807) is 12.1 Å². The average Bonchev–Trinajstić information content (AvgIpc) is 2.34. The Hall–Kier alpha value is -1.29. The van der Waals surface area contributed by atoms with Crippen LogP contribution < -0.4 is 10.6 Å². The van der Waals surface area contributed by atoms with E-state index in [0.717, 1.165) is 31.9 Å². The van der Waals surface area contributed by atoms with E-state index in [-0.39, 0.29) is 11.5 Å². The monoisotopic (exact) mass is 237 g/mol. The summed E-state index contributed by atoms with van der Waals surface area (Å²) in [5, 5.41) is 0. The number of halogens is 1. The molecule has 94 valence electrons. The molecule has 0 aromatic heterocycles. The third-order valence-corrected chi connectivity index (χ3v) is 3.26. The lowest BCUT2D eigenvalue weighted by atomic mass is 10.2. The van der Waals surface area contributed by atoms with Gasteiger partial charge in [-0.05, 0) is 31.2 Å². The maximum atomic E-state index is 13.1. The molecule has 17 heavy (non-hydrogen) atoms. The highest BCUT2D eigenvalue weighted by Gasteiger charge is 2.16. The number of piperazine rings is 1. The zero-order chi connectivity index (χ0) is 12.3. The second kappa shape index (κ2) is 5.36. The van der Waals surface area contributed by atoms with Crippen LogP contribution in [0.4, 0.5) is 15.8 Å². The number of hydrogen-bond donors (Lipinski definition) is 1. The molecule has 0 radical (unpaired) electrons. The third-order valence-electron chi connectivity index (χ3n) is 3.26. The Morgan fingerprint density at radius 1 is 1.24 bits per heavy atom. The van der Waals surface area contributed by atoms with Crippen LogP contribution in [0.1, 0.15) is 13.3 Å². The molecule has 0 spiro atoms. The average molecular weight is 237 g/mol. The van der Waals surface area contributed by atoms with E-state index in [0.29, 0.717) is 0 Å². The van der Waals surface area contributed by atoms with Gasteiger partial charge < -0.3 is 10.6 Å². The summed E-state index contributed by atoms with van der Waals surface area (Å²) in [6, 6.07) is 4.98. The molecule has 0 aliphatic carbocycles. The second-order valence-corrected chi connectivity index (χ2v) is 4.53. The summed E-state index contributed by atoms with van der Waals surface area (Å²) in [4.78, 5) is 4.73. The molecule has 0 amide bonds. The van der Waals surface area contributed by atoms with E-state index in [1.807, 2.05) is 0 Å². The van der Waals surface area contributed by atoms with Crippen LogP contribution in [0.25, 0.3) is 0 Å². The number of anilines is 2. The van der Waals surface area contributed by atoms with Crippen molar-refractivity contribution in [3.05, 3.63) is 24.0 Å². The first-order valence-corrected chi connectivity index (χ1v) is 6.23. The van der Waals surface area contributed by atoms with Gasteiger partial charge in [-0.3, -0.25) is 4.90 Å². The van der Waals surface area contributed by atoms with Crippen molar-refractivity contribution in [2.24, 2.45) is 0 Å². The Morgan fingerprint density at radius 2 is 1.94 bits per heavy atom. The molecule has 1 aliphatic rings. The molecule has 1 aromatic rings. The molecule has 4 heteroatoms. The molecule has 0 atom stereocenters. The van der Waals surface area contributed by atoms with Crippen molar-refractivity contribution in [1.82, 2.24) is 4.90 Å². The summed E-state index contributed by atoms with van der Waals surface area (Å²) in [5.41, 5.74) is 6.85. The van der Waals surface area contributed by atoms with E-state index >= 15 is 0 Å². The van der Waals surface area contributed by atoms with Gasteiger partial charge >= 0.3 is 0 Å². The fourth-order valence-corrected chi connectivity index (χ4v) is 2.27. The maximum absolute atomic E-state index is 13.1. The summed E-state index contributed by atoms with van der Waals surface area (Å²) in [6.07, 6.45) is 1.20. The highest BCUT2D eigenvalue weighted by atomic mass is 19.1. The van der Waals surface area contributed by atoms with Crippen molar-refractivity contribution in [3.63, 3.8) is 0 Å². The van der Waals surface area contributed by atoms with Crippen molar-refractivity contribution >= 4 is 11.4 Å². The summed E-state index contributed by atoms with van der Waals surface area (Å²) < 4.78 is 13.1. The summed E-state index contributed by atoms with van der Waals surface area (Å²) in [7, 11) is 0. The van der Waals surface area contributed by atoms with Crippen LogP contribution in [0.3, 0.4) is 0 Å². The SMILES string of the molecule is CCCN1CCN(c2ccc(F)c(N)c2)CC1. The number of benzene rings is 1. The van der Waals surface area contributed by atoms with E-state index < -0.39 is 0 Å². The Kier molecular flexibility index (Phi) is 3.84. The molecule has 0 saturated carbocycles. The van der Waals surface area contributed by atoms with Crippen LogP contribution in [0.5, 0.6) is 0 Å². The highest BCUT2D eigenvalue weighted by Crippen LogP contribution is 2.21. The van der Waals surface area contributed by atoms with Crippen molar-refractivity contribution in [3.8, 4) is 0 Å². The summed E-state index contributed by atoms with van der Waals surface area (Å²) in [5.74, 6) is -0.335. The van der Waals surface area contributed by atoms with Gasteiger partial charge in [0.25, 0.3) is 0 Å². The van der Waals surface area contributed by atoms with E-state index in [9.17, 15) is 4.39 Å². The fraction of sp³-hybridized carbons (Fsp3) is 0.538. The standard InChI is InChI=1S/C13H20FN3/c1-2-5-16-6-8-17(9-7-16)11-3-4-12(14)13(15)10-11/h3-4,10H,2,5-9,15H2,1H3. The fourth-order valence-electron chi connectivity index (χ4n) is 2.27. The number of rotatable bonds is 3. The molecule has 1 saturated heterocycles. The lowest BCUT2D eigenvalue weighted by Crippen LogP contribution is -2.46. The van der Waals surface area contributed by atoms with Crippen molar-refractivity contribution < 1.29 is 4.39 Å². The zero-order valence-electron chi connectivity index (χ0n) is 10.3. The Balaban J connectivity index is 1.98. The molecular formula is C13H20FN3. The number of hydrogen-bond acceptors (Lipinski definition) is 3. The topological polar surface area (TPSA) is 32.5 Å². The van der Waals surface area contributed by atoms with Gasteiger partial charge in [0.15, 0.2) is 0 Å². The molecule has 1 aromatic carbocycles. The molecule has 1 fully saturated rings. The van der Waals surface area contributed by atoms with Crippen LogP contribution in [0.2, 0.25) is 0 Å². The number of nitrogens with zero attached hydrogens (tertiary/aromatic N) is 2. The molecule has 1 aliphatic heterocycles. The first-order chi connectivity index (χ1) is 8.20. The van der Waals surface area contributed by atoms with Crippen molar-refractivity contribution in [1.29, 1.82) is 0 Å². The molecule has 0 bridgehead atoms. The molecule has 1 heterocycles. The van der Waals surface area contributed by atoms with Crippen molar-refractivity contribution in [2.75, 3.05) is 43.4 Å². The number of nitrogen functional groups attached to an aromatic ring is 1. The minimum absolute atomic E-state index is 0.235. The smallest absolute Gasteiger partial charge is 0.146 e. The van der Waals surface area contributed by atoms with Gasteiger partial charge in [-0.1, -0.05) is 6.92 Å². The van der Waals surface area contributed by atoms with Gasteiger partial charge in [0.2, 0.25) is 0 Å². The number of nitrogens with two attached hydrogens (primary N) is 1. The molecule has 2 N–H and O–H groups in total. The van der Waals surface area contributed by atoms with Gasteiger partial charge in [-0.2, -0.15) is 0 Å². The predicted octanol–water partition coefficient (Wildman–Crippen LogP) is 1.94. The summed E-state index contributed by atoms with van der Waals surface area (Å²) in [6.45, 7) is 7.50. The van der Waals surface area contributed by atoms with Gasteiger partial charge in [0.1, 0.15) is 5.82 Å². The molecule has 2 rings (SSSR count). The first-order valence-electron chi connectivity index (χ1n) is 6.23. The van der Waals surface area contributed by atoms with Crippen LogP contribution >= 0.6 is 0 Å². The molecule has 3 nitrogen and oxygen atoms in total. The van der Waals surface area contributed by atoms with E-state index in [4.69, 9.17) is 5.73 Å².